The maximum absolute atomic E-state index is 9.00. The van der Waals surface area contributed by atoms with Crippen LogP contribution in [0.5, 0.6) is 0 Å². The van der Waals surface area contributed by atoms with E-state index in [9.17, 15) is 0 Å². The third-order valence-electron chi connectivity index (χ3n) is 2.20. The Bertz CT molecular complexity index is 331. The summed E-state index contributed by atoms with van der Waals surface area (Å²) < 4.78 is 0. The van der Waals surface area contributed by atoms with Crippen molar-refractivity contribution in [3.63, 3.8) is 0 Å². The molecule has 0 fully saturated rings. The van der Waals surface area contributed by atoms with E-state index in [2.05, 4.69) is 33.5 Å². The second-order valence-electron chi connectivity index (χ2n) is 3.62. The van der Waals surface area contributed by atoms with E-state index < -0.39 is 5.54 Å². The molecule has 15 heavy (non-hydrogen) atoms. The normalized spacial score (nSPS) is 16.7. The first-order valence-corrected chi connectivity index (χ1v) is 5.60. The molecule has 2 N–H and O–H groups in total. The van der Waals surface area contributed by atoms with Crippen molar-refractivity contribution in [1.82, 2.24) is 20.5 Å². The standard InChI is InChI=1S/C9H15N5S/c1-7(4-9(2,5-10)11-3)15-8-12-6-13-14-8/h6-7,11H,4H2,1-3H3,(H,12,13,14). The van der Waals surface area contributed by atoms with E-state index in [1.165, 1.54) is 6.33 Å². The molecule has 82 valence electrons. The van der Waals surface area contributed by atoms with Gasteiger partial charge in [-0.1, -0.05) is 18.7 Å². The number of rotatable bonds is 5. The van der Waals surface area contributed by atoms with Crippen LogP contribution in [0.1, 0.15) is 20.3 Å². The SMILES string of the molecule is CNC(C)(C#N)CC(C)Sc1ncn[nH]1. The van der Waals surface area contributed by atoms with Gasteiger partial charge in [0.25, 0.3) is 0 Å². The van der Waals surface area contributed by atoms with E-state index in [4.69, 9.17) is 5.26 Å². The maximum Gasteiger partial charge on any atom is 0.183 e. The van der Waals surface area contributed by atoms with Crippen molar-refractivity contribution in [2.75, 3.05) is 7.05 Å². The van der Waals surface area contributed by atoms with E-state index in [-0.39, 0.29) is 0 Å². The predicted octanol–water partition coefficient (Wildman–Crippen LogP) is 1.18. The minimum Gasteiger partial charge on any atom is -0.303 e. The average molecular weight is 225 g/mol. The Morgan fingerprint density at radius 1 is 1.80 bits per heavy atom. The molecule has 1 rings (SSSR count). The van der Waals surface area contributed by atoms with Crippen LogP contribution in [0.15, 0.2) is 11.5 Å². The summed E-state index contributed by atoms with van der Waals surface area (Å²) in [6.07, 6.45) is 2.24. The molecule has 0 aliphatic carbocycles. The van der Waals surface area contributed by atoms with Crippen molar-refractivity contribution in [3.05, 3.63) is 6.33 Å². The molecule has 0 aromatic carbocycles. The van der Waals surface area contributed by atoms with Gasteiger partial charge in [-0.15, -0.1) is 0 Å². The van der Waals surface area contributed by atoms with Gasteiger partial charge in [0.05, 0.1) is 6.07 Å². The van der Waals surface area contributed by atoms with Crippen LogP contribution in [-0.2, 0) is 0 Å². The summed E-state index contributed by atoms with van der Waals surface area (Å²) in [5.41, 5.74) is -0.480. The molecule has 2 unspecified atom stereocenters. The third kappa shape index (κ3) is 3.53. The molecule has 0 saturated carbocycles. The Kier molecular flexibility index (Phi) is 4.12. The Morgan fingerprint density at radius 3 is 3.00 bits per heavy atom. The molecule has 5 nitrogen and oxygen atoms in total. The highest BCUT2D eigenvalue weighted by molar-refractivity contribution is 7.99. The van der Waals surface area contributed by atoms with Crippen molar-refractivity contribution in [2.45, 2.75) is 36.2 Å². The first-order chi connectivity index (χ1) is 7.09. The van der Waals surface area contributed by atoms with Gasteiger partial charge in [0.1, 0.15) is 11.9 Å². The fraction of sp³-hybridized carbons (Fsp3) is 0.667. The van der Waals surface area contributed by atoms with Crippen molar-refractivity contribution in [1.29, 1.82) is 5.26 Å². The van der Waals surface area contributed by atoms with Crippen LogP contribution in [0.4, 0.5) is 0 Å². The van der Waals surface area contributed by atoms with Crippen molar-refractivity contribution in [3.8, 4) is 6.07 Å². The van der Waals surface area contributed by atoms with Crippen LogP contribution in [-0.4, -0.2) is 33.0 Å². The van der Waals surface area contributed by atoms with E-state index in [0.29, 0.717) is 5.25 Å². The van der Waals surface area contributed by atoms with Gasteiger partial charge in [0.15, 0.2) is 5.16 Å². The van der Waals surface area contributed by atoms with Gasteiger partial charge < -0.3 is 5.32 Å². The van der Waals surface area contributed by atoms with E-state index in [1.54, 1.807) is 18.8 Å². The lowest BCUT2D eigenvalue weighted by molar-refractivity contribution is 0.455. The van der Waals surface area contributed by atoms with Crippen LogP contribution in [0.25, 0.3) is 0 Å². The number of hydrogen-bond donors (Lipinski definition) is 2. The van der Waals surface area contributed by atoms with E-state index >= 15 is 0 Å². The largest absolute Gasteiger partial charge is 0.303 e. The highest BCUT2D eigenvalue weighted by Crippen LogP contribution is 2.25. The molecule has 1 aromatic rings. The fourth-order valence-electron chi connectivity index (χ4n) is 1.26. The van der Waals surface area contributed by atoms with Gasteiger partial charge in [0, 0.05) is 5.25 Å². The zero-order valence-electron chi connectivity index (χ0n) is 9.11. The number of H-pyrrole nitrogens is 1. The lowest BCUT2D eigenvalue weighted by atomic mass is 9.98. The Labute approximate surface area is 93.7 Å². The molecule has 0 aliphatic rings. The van der Waals surface area contributed by atoms with Crippen LogP contribution in [0.2, 0.25) is 0 Å². The predicted molar refractivity (Wildman–Crippen MR) is 59.4 cm³/mol. The molecule has 6 heteroatoms. The van der Waals surface area contributed by atoms with Crippen LogP contribution in [0, 0.1) is 11.3 Å². The van der Waals surface area contributed by atoms with Gasteiger partial charge in [-0.25, -0.2) is 4.98 Å². The number of nitrogens with zero attached hydrogens (tertiary/aromatic N) is 3. The van der Waals surface area contributed by atoms with Crippen molar-refractivity contribution >= 4 is 11.8 Å². The molecule has 0 bridgehead atoms. The first-order valence-electron chi connectivity index (χ1n) is 4.72. The third-order valence-corrected chi connectivity index (χ3v) is 3.19. The quantitative estimate of drug-likeness (QED) is 0.736. The Hall–Kier alpha value is -1.06. The maximum atomic E-state index is 9.00. The first kappa shape index (κ1) is 12.0. The number of nitrogens with one attached hydrogen (secondary N) is 2. The molecule has 1 aromatic heterocycles. The number of hydrogen-bond acceptors (Lipinski definition) is 5. The molecule has 0 aliphatic heterocycles. The minimum absolute atomic E-state index is 0.301. The Balaban J connectivity index is 2.49. The molecule has 0 saturated heterocycles. The van der Waals surface area contributed by atoms with Gasteiger partial charge in [-0.3, -0.25) is 5.10 Å². The monoisotopic (exact) mass is 225 g/mol. The van der Waals surface area contributed by atoms with Crippen molar-refractivity contribution in [2.24, 2.45) is 0 Å². The lowest BCUT2D eigenvalue weighted by Crippen LogP contribution is -2.40. The van der Waals surface area contributed by atoms with Crippen molar-refractivity contribution < 1.29 is 0 Å². The van der Waals surface area contributed by atoms with Crippen LogP contribution in [0.3, 0.4) is 0 Å². The van der Waals surface area contributed by atoms with Gasteiger partial charge >= 0.3 is 0 Å². The second-order valence-corrected chi connectivity index (χ2v) is 5.04. The minimum atomic E-state index is -0.480. The van der Waals surface area contributed by atoms with Gasteiger partial charge in [-0.2, -0.15) is 10.4 Å². The summed E-state index contributed by atoms with van der Waals surface area (Å²) in [5.74, 6) is 0. The number of nitriles is 1. The smallest absolute Gasteiger partial charge is 0.183 e. The highest BCUT2D eigenvalue weighted by atomic mass is 32.2. The number of aromatic nitrogens is 3. The summed E-state index contributed by atoms with van der Waals surface area (Å²) in [6.45, 7) is 3.96. The summed E-state index contributed by atoms with van der Waals surface area (Å²) >= 11 is 1.59. The fourth-order valence-corrected chi connectivity index (χ4v) is 2.27. The zero-order valence-corrected chi connectivity index (χ0v) is 9.93. The van der Waals surface area contributed by atoms with E-state index in [0.717, 1.165) is 11.6 Å². The molecule has 0 radical (unpaired) electrons. The van der Waals surface area contributed by atoms with Gasteiger partial charge in [0.2, 0.25) is 0 Å². The Morgan fingerprint density at radius 2 is 2.53 bits per heavy atom. The highest BCUT2D eigenvalue weighted by Gasteiger charge is 2.24. The van der Waals surface area contributed by atoms with Crippen LogP contribution < -0.4 is 5.32 Å². The summed E-state index contributed by atoms with van der Waals surface area (Å²) in [6, 6.07) is 2.27. The van der Waals surface area contributed by atoms with Gasteiger partial charge in [-0.05, 0) is 20.4 Å². The summed E-state index contributed by atoms with van der Waals surface area (Å²) in [4.78, 5) is 4.03. The molecule has 1 heterocycles. The zero-order chi connectivity index (χ0) is 11.3. The van der Waals surface area contributed by atoms with Crippen LogP contribution >= 0.6 is 11.8 Å². The summed E-state index contributed by atoms with van der Waals surface area (Å²) in [7, 11) is 1.80. The topological polar surface area (TPSA) is 77.4 Å². The molecular weight excluding hydrogens is 210 g/mol. The summed E-state index contributed by atoms with van der Waals surface area (Å²) in [5, 5.41) is 19.7. The molecule has 0 spiro atoms. The molecule has 2 atom stereocenters. The average Bonchev–Trinajstić information content (AvgIpc) is 2.70. The second kappa shape index (κ2) is 5.14. The number of thioether (sulfide) groups is 1. The lowest BCUT2D eigenvalue weighted by Gasteiger charge is -2.23. The number of aromatic amines is 1. The molecular formula is C9H15N5S. The van der Waals surface area contributed by atoms with E-state index in [1.807, 2.05) is 6.92 Å². The molecule has 0 amide bonds.